The lowest BCUT2D eigenvalue weighted by Gasteiger charge is -2.21. The van der Waals surface area contributed by atoms with Crippen molar-refractivity contribution >= 4 is 22.8 Å². The predicted octanol–water partition coefficient (Wildman–Crippen LogP) is 3.77. The average molecular weight is 350 g/mol. The highest BCUT2D eigenvalue weighted by Gasteiger charge is 2.27. The van der Waals surface area contributed by atoms with Crippen molar-refractivity contribution in [3.63, 3.8) is 0 Å². The van der Waals surface area contributed by atoms with Gasteiger partial charge in [-0.15, -0.1) is 0 Å². The van der Waals surface area contributed by atoms with E-state index in [1.165, 1.54) is 4.90 Å². The molecule has 26 heavy (non-hydrogen) atoms. The van der Waals surface area contributed by atoms with Gasteiger partial charge in [0.1, 0.15) is 0 Å². The molecule has 1 unspecified atom stereocenters. The molecule has 1 aromatic heterocycles. The van der Waals surface area contributed by atoms with Crippen molar-refractivity contribution in [2.45, 2.75) is 20.0 Å². The summed E-state index contributed by atoms with van der Waals surface area (Å²) < 4.78 is 5.60. The number of likely N-dealkylation sites (N-methyl/N-ethyl adjacent to an activating group) is 1. The van der Waals surface area contributed by atoms with Gasteiger partial charge in [0.25, 0.3) is 5.91 Å². The van der Waals surface area contributed by atoms with E-state index in [4.69, 9.17) is 4.74 Å². The molecule has 0 radical (unpaired) electrons. The van der Waals surface area contributed by atoms with Crippen LogP contribution >= 0.6 is 0 Å². The number of rotatable bonds is 4. The Kier molecular flexibility index (Phi) is 4.80. The van der Waals surface area contributed by atoms with Gasteiger partial charge in [-0.1, -0.05) is 30.3 Å². The summed E-state index contributed by atoms with van der Waals surface area (Å²) in [5, 5.41) is 0.979. The normalized spacial score (nSPS) is 12.0. The van der Waals surface area contributed by atoms with Crippen molar-refractivity contribution in [2.75, 3.05) is 14.1 Å². The number of H-pyrrole nitrogens is 1. The zero-order valence-electron chi connectivity index (χ0n) is 15.4. The van der Waals surface area contributed by atoms with Gasteiger partial charge in [-0.2, -0.15) is 0 Å². The first-order valence-electron chi connectivity index (χ1n) is 8.44. The Morgan fingerprint density at radius 1 is 1.04 bits per heavy atom. The number of carbonyl (C=O) groups excluding carboxylic acids is 2. The molecule has 0 saturated heterocycles. The van der Waals surface area contributed by atoms with Crippen molar-refractivity contribution in [3.8, 4) is 0 Å². The van der Waals surface area contributed by atoms with Gasteiger partial charge >= 0.3 is 5.97 Å². The van der Waals surface area contributed by atoms with E-state index in [-0.39, 0.29) is 5.91 Å². The first-order chi connectivity index (χ1) is 12.4. The summed E-state index contributed by atoms with van der Waals surface area (Å²) in [6.07, 6.45) is -0.969. The van der Waals surface area contributed by atoms with Gasteiger partial charge in [-0.05, 0) is 37.6 Å². The molecule has 2 aromatic carbocycles. The third-order valence-corrected chi connectivity index (χ3v) is 4.54. The van der Waals surface area contributed by atoms with Gasteiger partial charge < -0.3 is 14.6 Å². The fourth-order valence-electron chi connectivity index (χ4n) is 2.89. The van der Waals surface area contributed by atoms with E-state index < -0.39 is 12.1 Å². The SMILES string of the molecule is Cc1[nH]c2ccc(C(=O)OC(C(=O)N(C)C)c3ccccc3)cc2c1C. The van der Waals surface area contributed by atoms with Crippen LogP contribution in [0.4, 0.5) is 0 Å². The number of hydrogen-bond acceptors (Lipinski definition) is 3. The van der Waals surface area contributed by atoms with E-state index >= 15 is 0 Å². The monoisotopic (exact) mass is 350 g/mol. The van der Waals surface area contributed by atoms with Gasteiger partial charge in [0.15, 0.2) is 0 Å². The average Bonchev–Trinajstić information content (AvgIpc) is 2.93. The van der Waals surface area contributed by atoms with Crippen molar-refractivity contribution in [1.29, 1.82) is 0 Å². The van der Waals surface area contributed by atoms with Crippen molar-refractivity contribution in [1.82, 2.24) is 9.88 Å². The predicted molar refractivity (Wildman–Crippen MR) is 101 cm³/mol. The van der Waals surface area contributed by atoms with Crippen LogP contribution in [0.2, 0.25) is 0 Å². The fourth-order valence-corrected chi connectivity index (χ4v) is 2.89. The molecule has 0 saturated carbocycles. The number of amides is 1. The Morgan fingerprint density at radius 3 is 2.38 bits per heavy atom. The molecule has 0 aliphatic carbocycles. The summed E-state index contributed by atoms with van der Waals surface area (Å²) in [6, 6.07) is 14.4. The number of hydrogen-bond donors (Lipinski definition) is 1. The van der Waals surface area contributed by atoms with E-state index in [1.54, 1.807) is 38.4 Å². The lowest BCUT2D eigenvalue weighted by molar-refractivity contribution is -0.138. The number of nitrogens with one attached hydrogen (secondary N) is 1. The lowest BCUT2D eigenvalue weighted by Crippen LogP contribution is -2.31. The molecular formula is C21H22N2O3. The maximum atomic E-state index is 12.7. The highest BCUT2D eigenvalue weighted by atomic mass is 16.5. The summed E-state index contributed by atoms with van der Waals surface area (Å²) in [4.78, 5) is 29.9. The highest BCUT2D eigenvalue weighted by molar-refractivity contribution is 5.97. The molecular weight excluding hydrogens is 328 g/mol. The lowest BCUT2D eigenvalue weighted by atomic mass is 10.1. The standard InChI is InChI=1S/C21H22N2O3/c1-13-14(2)22-18-11-10-16(12-17(13)18)21(25)26-19(20(24)23(3)4)15-8-6-5-7-9-15/h5-12,19,22H,1-4H3. The Hall–Kier alpha value is -3.08. The van der Waals surface area contributed by atoms with Gasteiger partial charge in [-0.25, -0.2) is 4.79 Å². The molecule has 5 heteroatoms. The van der Waals surface area contributed by atoms with Gasteiger partial charge in [0.2, 0.25) is 6.10 Å². The Morgan fingerprint density at radius 2 is 1.73 bits per heavy atom. The number of nitrogens with zero attached hydrogens (tertiary/aromatic N) is 1. The van der Waals surface area contributed by atoms with E-state index in [0.717, 1.165) is 22.2 Å². The minimum absolute atomic E-state index is 0.278. The van der Waals surface area contributed by atoms with Gasteiger partial charge in [0, 0.05) is 36.3 Å². The number of aryl methyl sites for hydroxylation is 2. The number of carbonyl (C=O) groups is 2. The van der Waals surface area contributed by atoms with Gasteiger partial charge in [0.05, 0.1) is 5.56 Å². The topological polar surface area (TPSA) is 62.4 Å². The summed E-state index contributed by atoms with van der Waals surface area (Å²) in [6.45, 7) is 4.00. The highest BCUT2D eigenvalue weighted by Crippen LogP contribution is 2.25. The molecule has 5 nitrogen and oxygen atoms in total. The van der Waals surface area contributed by atoms with E-state index in [9.17, 15) is 9.59 Å². The number of ether oxygens (including phenoxy) is 1. The fraction of sp³-hybridized carbons (Fsp3) is 0.238. The second-order valence-electron chi connectivity index (χ2n) is 6.56. The maximum Gasteiger partial charge on any atom is 0.339 e. The van der Waals surface area contributed by atoms with Crippen LogP contribution < -0.4 is 0 Å². The quantitative estimate of drug-likeness (QED) is 0.729. The molecule has 0 aliphatic rings. The molecule has 1 amide bonds. The third kappa shape index (κ3) is 3.33. The van der Waals surface area contributed by atoms with Crippen molar-refractivity contribution in [2.24, 2.45) is 0 Å². The summed E-state index contributed by atoms with van der Waals surface area (Å²) in [5.74, 6) is -0.798. The molecule has 3 rings (SSSR count). The second-order valence-corrected chi connectivity index (χ2v) is 6.56. The maximum absolute atomic E-state index is 12.7. The minimum Gasteiger partial charge on any atom is -0.444 e. The molecule has 1 heterocycles. The molecule has 0 spiro atoms. The number of fused-ring (bicyclic) bond motifs is 1. The molecule has 1 N–H and O–H groups in total. The molecule has 0 bridgehead atoms. The molecule has 134 valence electrons. The number of benzene rings is 2. The van der Waals surface area contributed by atoms with Crippen molar-refractivity contribution < 1.29 is 14.3 Å². The Balaban J connectivity index is 1.92. The molecule has 3 aromatic rings. The minimum atomic E-state index is -0.969. The molecule has 1 atom stereocenters. The molecule has 0 fully saturated rings. The smallest absolute Gasteiger partial charge is 0.339 e. The Labute approximate surface area is 152 Å². The van der Waals surface area contributed by atoms with Crippen LogP contribution in [0, 0.1) is 13.8 Å². The van der Waals surface area contributed by atoms with Crippen LogP contribution in [0.5, 0.6) is 0 Å². The van der Waals surface area contributed by atoms with Crippen LogP contribution in [0.25, 0.3) is 10.9 Å². The number of aromatic nitrogens is 1. The summed E-state index contributed by atoms with van der Waals surface area (Å²) in [5.41, 5.74) is 4.20. The number of aromatic amines is 1. The molecule has 0 aliphatic heterocycles. The summed E-state index contributed by atoms with van der Waals surface area (Å²) >= 11 is 0. The van der Waals surface area contributed by atoms with Crippen LogP contribution in [0.3, 0.4) is 0 Å². The van der Waals surface area contributed by atoms with E-state index in [0.29, 0.717) is 11.1 Å². The first kappa shape index (κ1) is 17.7. The second kappa shape index (κ2) is 7.04. The van der Waals surface area contributed by atoms with Crippen molar-refractivity contribution in [3.05, 3.63) is 70.9 Å². The largest absolute Gasteiger partial charge is 0.444 e. The van der Waals surface area contributed by atoms with Crippen LogP contribution in [0.15, 0.2) is 48.5 Å². The van der Waals surface area contributed by atoms with E-state index in [2.05, 4.69) is 4.98 Å². The van der Waals surface area contributed by atoms with Gasteiger partial charge in [-0.3, -0.25) is 4.79 Å². The summed E-state index contributed by atoms with van der Waals surface area (Å²) in [7, 11) is 3.29. The third-order valence-electron chi connectivity index (χ3n) is 4.54. The number of esters is 1. The zero-order valence-corrected chi connectivity index (χ0v) is 15.4. The van der Waals surface area contributed by atoms with E-state index in [1.807, 2.05) is 38.1 Å². The Bertz CT molecular complexity index is 958. The first-order valence-corrected chi connectivity index (χ1v) is 8.44. The van der Waals surface area contributed by atoms with Crippen LogP contribution in [0.1, 0.15) is 33.3 Å². The zero-order chi connectivity index (χ0) is 18.8. The van der Waals surface area contributed by atoms with Crippen LogP contribution in [-0.2, 0) is 9.53 Å². The van der Waals surface area contributed by atoms with Crippen LogP contribution in [-0.4, -0.2) is 35.9 Å².